The molecule has 1 aromatic heterocycles. The topological polar surface area (TPSA) is 315 Å². The summed E-state index contributed by atoms with van der Waals surface area (Å²) in [5.74, 6) is 1.20. The van der Waals surface area contributed by atoms with Gasteiger partial charge in [-0.25, -0.2) is 9.59 Å². The molecular formula is C102H100Br6N10O11. The summed E-state index contributed by atoms with van der Waals surface area (Å²) < 4.78 is 28.3. The van der Waals surface area contributed by atoms with Gasteiger partial charge in [0.1, 0.15) is 29.1 Å². The number of aliphatic hydroxyl groups excluding tert-OH is 1. The van der Waals surface area contributed by atoms with Crippen molar-refractivity contribution < 1.29 is 52.6 Å². The lowest BCUT2D eigenvalue weighted by Gasteiger charge is -2.27. The minimum atomic E-state index is -0.587. The van der Waals surface area contributed by atoms with Gasteiger partial charge in [-0.1, -0.05) is 192 Å². The number of carbonyl (C=O) groups excluding carboxylic acids is 6. The molecule has 3 N–H and O–H groups in total. The average molecular weight is 2120 g/mol. The average Bonchev–Trinajstić information content (AvgIpc) is 1.59. The SMILES string of the molecule is CC(C)(C)OC(=O)N1CCC2(CCc3c(Br)cccc32)C1.CC(C)Oc1ccc(-c2nc(-c3cccc4c3CCC43CCN(CCO)C3)no2)cc1C#N.CCOC(=O)/C(C#N)=C1\CCc2c(Br)cccc21.N#CCC1(C#N)CCc2c(Br)cccc21.O=C1CC2(CCc3c(Br)cccc32)C(=O)N1.O=C1CCc2c(Br)cccc21.O=C1NCCC12CCc1c(Br)cccc12. The Labute approximate surface area is 803 Å². The van der Waals surface area contributed by atoms with Crippen molar-refractivity contribution in [3.05, 3.63) is 261 Å². The first-order valence-corrected chi connectivity index (χ1v) is 48.6. The molecule has 11 aliphatic rings. The number of aromatic nitrogens is 2. The van der Waals surface area contributed by atoms with Crippen molar-refractivity contribution in [2.75, 3.05) is 52.5 Å². The number of allylic oxidation sites excluding steroid dienone is 1. The number of carbonyl (C=O) groups is 6. The van der Waals surface area contributed by atoms with Crippen molar-refractivity contribution in [1.82, 2.24) is 30.6 Å². The molecule has 9 aromatic rings. The Morgan fingerprint density at radius 3 is 1.70 bits per heavy atom. The number of hydrogen-bond donors (Lipinski definition) is 3. The summed E-state index contributed by atoms with van der Waals surface area (Å²) in [5.41, 5.74) is 18.3. The van der Waals surface area contributed by atoms with Crippen molar-refractivity contribution >= 4 is 137 Å². The first kappa shape index (κ1) is 95.3. The number of β-amino-alcohol motifs (C(OH)–C–C–N with tert-alkyl or cyclic N) is 1. The number of hydrogen-bond acceptors (Lipinski definition) is 18. The predicted molar refractivity (Wildman–Crippen MR) is 512 cm³/mol. The number of Topliss-reactive ketones (excluding diaryl/α,β-unsaturated/α-hetero) is 1. The van der Waals surface area contributed by atoms with Crippen molar-refractivity contribution in [2.45, 2.75) is 202 Å². The van der Waals surface area contributed by atoms with Crippen molar-refractivity contribution in [2.24, 2.45) is 0 Å². The van der Waals surface area contributed by atoms with Gasteiger partial charge in [0.05, 0.1) is 59.7 Å². The summed E-state index contributed by atoms with van der Waals surface area (Å²) >= 11 is 21.1. The summed E-state index contributed by atoms with van der Waals surface area (Å²) in [6.07, 6.45) is 16.2. The van der Waals surface area contributed by atoms with Gasteiger partial charge in [-0.3, -0.25) is 24.5 Å². The number of fused-ring (bicyclic) bond motifs is 11. The van der Waals surface area contributed by atoms with E-state index in [0.717, 1.165) is 197 Å². The Kier molecular flexibility index (Phi) is 29.9. The van der Waals surface area contributed by atoms with Crippen molar-refractivity contribution in [3.8, 4) is 52.9 Å². The van der Waals surface area contributed by atoms with E-state index in [9.17, 15) is 44.4 Å². The maximum absolute atomic E-state index is 12.3. The number of amides is 4. The highest BCUT2D eigenvalue weighted by Gasteiger charge is 2.53. The molecule has 4 amide bonds. The van der Waals surface area contributed by atoms with E-state index in [1.165, 1.54) is 54.5 Å². The van der Waals surface area contributed by atoms with E-state index in [2.05, 4.69) is 188 Å². The zero-order valence-corrected chi connectivity index (χ0v) is 82.4. The van der Waals surface area contributed by atoms with Crippen LogP contribution in [0.2, 0.25) is 0 Å². The lowest BCUT2D eigenvalue weighted by Crippen LogP contribution is -2.37. The fourth-order valence-corrected chi connectivity index (χ4v) is 23.8. The minimum Gasteiger partial charge on any atom is -0.490 e. The summed E-state index contributed by atoms with van der Waals surface area (Å²) in [5, 5.41) is 55.8. The summed E-state index contributed by atoms with van der Waals surface area (Å²) in [4.78, 5) is 79.4. The molecule has 7 aliphatic carbocycles. The highest BCUT2D eigenvalue weighted by molar-refractivity contribution is 9.11. The quantitative estimate of drug-likeness (QED) is 0.0523. The number of likely N-dealkylation sites (tertiary alicyclic amines) is 2. The van der Waals surface area contributed by atoms with Gasteiger partial charge in [0, 0.05) is 99.9 Å². The molecule has 4 spiro atoms. The number of imide groups is 1. The molecule has 8 aromatic carbocycles. The highest BCUT2D eigenvalue weighted by Crippen LogP contribution is 2.53. The molecule has 21 nitrogen and oxygen atoms in total. The molecule has 0 radical (unpaired) electrons. The normalized spacial score (nSPS) is 21.9. The van der Waals surface area contributed by atoms with Gasteiger partial charge >= 0.3 is 12.1 Å². The Hall–Kier alpha value is -9.78. The van der Waals surface area contributed by atoms with Gasteiger partial charge in [-0.05, 0) is 283 Å². The Morgan fingerprint density at radius 1 is 0.581 bits per heavy atom. The third-order valence-electron chi connectivity index (χ3n) is 26.7. The number of nitrogens with one attached hydrogen (secondary N) is 2. The number of halogens is 6. The van der Waals surface area contributed by atoms with Gasteiger partial charge in [0.25, 0.3) is 5.89 Å². The fourth-order valence-electron chi connectivity index (χ4n) is 20.5. The van der Waals surface area contributed by atoms with Crippen LogP contribution in [0.4, 0.5) is 4.79 Å². The van der Waals surface area contributed by atoms with Crippen molar-refractivity contribution in [1.29, 1.82) is 21.0 Å². The molecule has 5 atom stereocenters. The third-order valence-corrected chi connectivity index (χ3v) is 31.1. The summed E-state index contributed by atoms with van der Waals surface area (Å²) in [6, 6.07) is 56.3. The standard InChI is InChI=1S/C26H28N4O3.C17H22BrNO2.C14H12BrNO2.C12H9BrN2.C12H10BrNO2.C12H12BrNO.C9H7BrO/c1-17(2)32-23-7-6-18(14-19(23)15-27)25-28-24(29-33-25)21-4-3-5-22-20(21)8-9-26(22)10-11-30(16-26)12-13-31;1-16(2,3)21-15(20)19-10-9-17(11-19)8-7-12-13(17)5-4-6-14(12)18;1-2-18-14(17)12(8-16)10-6-7-11-9(10)4-3-5-13(11)15;13-11-3-1-2-10-9(11)4-5-12(10,8-15)6-7-14;13-9-3-1-2-8-7(9)4-5-12(8)6-10(15)14-11(12)16;13-10-3-1-2-9-8(10)4-5-12(9)6-7-14-11(12)15;10-8-3-1-2-7-6(8)4-5-9(7)11/h3-7,14,17,31H,8-13,16H2,1-2H3;4-6H,7-11H2,1-3H3;3-5H,2,6-7H2,1H3;1-3H,4-6H2;1-3H,4-6H2,(H,14,15,16);1-3H,4-7H2,(H,14,15);1-3H,4-5H2/b;;12-10+;;;;. The van der Waals surface area contributed by atoms with Crippen LogP contribution >= 0.6 is 95.6 Å². The molecule has 4 fully saturated rings. The van der Waals surface area contributed by atoms with Gasteiger partial charge < -0.3 is 39.0 Å². The zero-order chi connectivity index (χ0) is 91.9. The van der Waals surface area contributed by atoms with Gasteiger partial charge in [-0.15, -0.1) is 0 Å². The third kappa shape index (κ3) is 19.8. The van der Waals surface area contributed by atoms with E-state index in [1.54, 1.807) is 19.1 Å². The van der Waals surface area contributed by atoms with E-state index in [1.807, 2.05) is 131 Å². The number of ketones is 1. The van der Waals surface area contributed by atoms with Crippen LogP contribution in [-0.2, 0) is 101 Å². The van der Waals surface area contributed by atoms with E-state index in [0.29, 0.717) is 47.9 Å². The number of rotatable bonds is 9. The molecule has 129 heavy (non-hydrogen) atoms. The van der Waals surface area contributed by atoms with Crippen LogP contribution in [-0.4, -0.2) is 125 Å². The maximum Gasteiger partial charge on any atom is 0.410 e. The zero-order valence-electron chi connectivity index (χ0n) is 72.9. The largest absolute Gasteiger partial charge is 0.490 e. The molecule has 0 bridgehead atoms. The van der Waals surface area contributed by atoms with Gasteiger partial charge in [-0.2, -0.15) is 26.0 Å². The molecule has 4 saturated heterocycles. The number of nitrogens with zero attached hydrogens (tertiary/aromatic N) is 8. The minimum absolute atomic E-state index is 0.0167. The Morgan fingerprint density at radius 2 is 1.12 bits per heavy atom. The Bertz CT molecular complexity index is 6110. The van der Waals surface area contributed by atoms with Crippen LogP contribution < -0.4 is 15.4 Å². The second-order valence-corrected chi connectivity index (χ2v) is 40.8. The molecule has 20 rings (SSSR count). The molecule has 5 heterocycles. The number of benzene rings is 8. The van der Waals surface area contributed by atoms with E-state index >= 15 is 0 Å². The number of aliphatic hydroxyl groups is 1. The lowest BCUT2D eigenvalue weighted by molar-refractivity contribution is -0.138. The first-order valence-electron chi connectivity index (χ1n) is 43.8. The van der Waals surface area contributed by atoms with Gasteiger partial charge in [0.15, 0.2) is 5.78 Å². The predicted octanol–water partition coefficient (Wildman–Crippen LogP) is 20.9. The van der Waals surface area contributed by atoms with Crippen LogP contribution in [0, 0.1) is 45.3 Å². The monoisotopic (exact) mass is 2110 g/mol. The molecule has 0 saturated carbocycles. The number of esters is 1. The van der Waals surface area contributed by atoms with E-state index in [4.69, 9.17) is 29.3 Å². The summed E-state index contributed by atoms with van der Waals surface area (Å²) in [7, 11) is 0. The number of ether oxygens (including phenoxy) is 3. The van der Waals surface area contributed by atoms with E-state index in [-0.39, 0.29) is 77.2 Å². The molecular weight excluding hydrogens is 2020 g/mol. The van der Waals surface area contributed by atoms with Crippen molar-refractivity contribution in [3.63, 3.8) is 0 Å². The lowest BCUT2D eigenvalue weighted by atomic mass is 9.80. The van der Waals surface area contributed by atoms with Crippen LogP contribution in [0.15, 0.2) is 183 Å². The molecule has 4 aliphatic heterocycles. The van der Waals surface area contributed by atoms with Crippen LogP contribution in [0.3, 0.4) is 0 Å². The summed E-state index contributed by atoms with van der Waals surface area (Å²) in [6.45, 7) is 17.0. The van der Waals surface area contributed by atoms with Crippen LogP contribution in [0.1, 0.15) is 207 Å². The smallest absolute Gasteiger partial charge is 0.410 e. The fraction of sp³-hybridized carbons (Fsp3) is 0.392. The molecule has 5 unspecified atom stereocenters. The van der Waals surface area contributed by atoms with Crippen LogP contribution in [0.25, 0.3) is 28.4 Å². The highest BCUT2D eigenvalue weighted by atomic mass is 79.9. The van der Waals surface area contributed by atoms with Gasteiger partial charge in [0.2, 0.25) is 23.5 Å². The van der Waals surface area contributed by atoms with Crippen LogP contribution in [0.5, 0.6) is 5.75 Å². The van der Waals surface area contributed by atoms with E-state index < -0.39 is 22.4 Å². The Balaban J connectivity index is 0.000000125. The molecule has 27 heteroatoms. The maximum atomic E-state index is 12.3. The second-order valence-electron chi connectivity index (χ2n) is 35.7. The second kappa shape index (κ2) is 40.5. The first-order chi connectivity index (χ1) is 61.9. The number of nitriles is 4. The molecule has 666 valence electrons.